The second-order valence-electron chi connectivity index (χ2n) is 3.36. The van der Waals surface area contributed by atoms with E-state index >= 15 is 0 Å². The van der Waals surface area contributed by atoms with E-state index < -0.39 is 5.97 Å². The average molecular weight is 303 g/mol. The number of nitrogens with zero attached hydrogens (tertiary/aromatic N) is 2. The molecule has 7 heteroatoms. The number of carboxylic acids is 1. The first-order valence-corrected chi connectivity index (χ1v) is 6.65. The van der Waals surface area contributed by atoms with E-state index in [0.717, 1.165) is 11.8 Å². The Labute approximate surface area is 118 Å². The zero-order valence-corrected chi connectivity index (χ0v) is 11.3. The highest BCUT2D eigenvalue weighted by molar-refractivity contribution is 7.99. The van der Waals surface area contributed by atoms with Crippen LogP contribution in [0.25, 0.3) is 5.69 Å². The normalized spacial score (nSPS) is 10.6. The summed E-state index contributed by atoms with van der Waals surface area (Å²) >= 11 is 13.1. The van der Waals surface area contributed by atoms with Crippen molar-refractivity contribution in [1.29, 1.82) is 0 Å². The van der Waals surface area contributed by atoms with Crippen molar-refractivity contribution in [3.63, 3.8) is 0 Å². The average Bonchev–Trinajstić information content (AvgIpc) is 2.77. The van der Waals surface area contributed by atoms with E-state index in [-0.39, 0.29) is 5.75 Å². The van der Waals surface area contributed by atoms with Crippen LogP contribution in [-0.4, -0.2) is 26.4 Å². The summed E-state index contributed by atoms with van der Waals surface area (Å²) < 4.78 is 1.71. The van der Waals surface area contributed by atoms with Crippen molar-refractivity contribution in [2.45, 2.75) is 5.16 Å². The van der Waals surface area contributed by atoms with Crippen LogP contribution < -0.4 is 0 Å². The topological polar surface area (TPSA) is 55.1 Å². The van der Waals surface area contributed by atoms with Gasteiger partial charge in [-0.15, -0.1) is 0 Å². The van der Waals surface area contributed by atoms with Gasteiger partial charge in [-0.25, -0.2) is 4.98 Å². The molecule has 0 saturated heterocycles. The molecule has 1 heterocycles. The molecular weight excluding hydrogens is 295 g/mol. The van der Waals surface area contributed by atoms with Crippen molar-refractivity contribution in [3.8, 4) is 5.69 Å². The molecule has 0 unspecified atom stereocenters. The Morgan fingerprint density at radius 2 is 2.22 bits per heavy atom. The minimum absolute atomic E-state index is 0.0603. The van der Waals surface area contributed by atoms with Crippen LogP contribution in [0.4, 0.5) is 0 Å². The summed E-state index contributed by atoms with van der Waals surface area (Å²) in [6, 6.07) is 5.08. The number of carboxylic acid groups (broad SMARTS) is 1. The smallest absolute Gasteiger partial charge is 0.313 e. The molecule has 1 aromatic carbocycles. The van der Waals surface area contributed by atoms with Crippen LogP contribution in [0.5, 0.6) is 0 Å². The van der Waals surface area contributed by atoms with Gasteiger partial charge in [0.05, 0.1) is 16.5 Å². The third-order valence-electron chi connectivity index (χ3n) is 2.10. The molecule has 0 atom stereocenters. The molecule has 18 heavy (non-hydrogen) atoms. The third-order valence-corrected chi connectivity index (χ3v) is 3.61. The fraction of sp³-hybridized carbons (Fsp3) is 0.0909. The predicted molar refractivity (Wildman–Crippen MR) is 71.9 cm³/mol. The second-order valence-corrected chi connectivity index (χ2v) is 5.14. The SMILES string of the molecule is O=C(O)CSc1nccn1-c1cc(Cl)ccc1Cl. The lowest BCUT2D eigenvalue weighted by atomic mass is 10.3. The molecule has 0 bridgehead atoms. The molecule has 0 aliphatic heterocycles. The highest BCUT2D eigenvalue weighted by Crippen LogP contribution is 2.28. The molecule has 0 spiro atoms. The number of benzene rings is 1. The summed E-state index contributed by atoms with van der Waals surface area (Å²) in [5.41, 5.74) is 0.676. The fourth-order valence-electron chi connectivity index (χ4n) is 1.38. The Bertz CT molecular complexity index is 586. The summed E-state index contributed by atoms with van der Waals surface area (Å²) in [5, 5.41) is 10.3. The molecular formula is C11H8Cl2N2O2S. The number of imidazole rings is 1. The number of halogens is 2. The second kappa shape index (κ2) is 5.65. The molecule has 4 nitrogen and oxygen atoms in total. The highest BCUT2D eigenvalue weighted by atomic mass is 35.5. The summed E-state index contributed by atoms with van der Waals surface area (Å²) in [6.07, 6.45) is 3.29. The van der Waals surface area contributed by atoms with E-state index in [1.165, 1.54) is 0 Å². The van der Waals surface area contributed by atoms with Crippen molar-refractivity contribution < 1.29 is 9.90 Å². The van der Waals surface area contributed by atoms with Gasteiger partial charge in [-0.3, -0.25) is 9.36 Å². The van der Waals surface area contributed by atoms with E-state index in [2.05, 4.69) is 4.98 Å². The molecule has 0 aliphatic rings. The first kappa shape index (κ1) is 13.3. The minimum Gasteiger partial charge on any atom is -0.481 e. The van der Waals surface area contributed by atoms with Crippen LogP contribution >= 0.6 is 35.0 Å². The van der Waals surface area contributed by atoms with E-state index in [9.17, 15) is 4.79 Å². The van der Waals surface area contributed by atoms with Gasteiger partial charge < -0.3 is 5.11 Å². The zero-order chi connectivity index (χ0) is 13.1. The molecule has 94 valence electrons. The maximum absolute atomic E-state index is 10.6. The largest absolute Gasteiger partial charge is 0.481 e. The van der Waals surface area contributed by atoms with Crippen molar-refractivity contribution in [1.82, 2.24) is 9.55 Å². The number of carbonyl (C=O) groups is 1. The van der Waals surface area contributed by atoms with E-state index in [0.29, 0.717) is 20.9 Å². The van der Waals surface area contributed by atoms with Gasteiger partial charge in [-0.2, -0.15) is 0 Å². The maximum Gasteiger partial charge on any atom is 0.313 e. The lowest BCUT2D eigenvalue weighted by molar-refractivity contribution is -0.133. The Hall–Kier alpha value is -1.17. The molecule has 2 rings (SSSR count). The van der Waals surface area contributed by atoms with E-state index in [4.69, 9.17) is 28.3 Å². The quantitative estimate of drug-likeness (QED) is 0.880. The first-order valence-electron chi connectivity index (χ1n) is 4.91. The Balaban J connectivity index is 2.36. The summed E-state index contributed by atoms with van der Waals surface area (Å²) in [4.78, 5) is 14.7. The standard InChI is InChI=1S/C11H8Cl2N2O2S/c12-7-1-2-8(13)9(5-7)15-4-3-14-11(15)18-6-10(16)17/h1-5H,6H2,(H,16,17). The van der Waals surface area contributed by atoms with Gasteiger partial charge in [0.1, 0.15) is 0 Å². The lowest BCUT2D eigenvalue weighted by Crippen LogP contribution is -2.01. The Kier molecular flexibility index (Phi) is 4.16. The first-order chi connectivity index (χ1) is 8.58. The minimum atomic E-state index is -0.897. The van der Waals surface area contributed by atoms with Crippen LogP contribution in [0.15, 0.2) is 35.7 Å². The van der Waals surface area contributed by atoms with Crippen molar-refractivity contribution in [2.24, 2.45) is 0 Å². The monoisotopic (exact) mass is 302 g/mol. The number of rotatable bonds is 4. The van der Waals surface area contributed by atoms with E-state index in [1.54, 1.807) is 35.2 Å². The Morgan fingerprint density at radius 3 is 2.94 bits per heavy atom. The van der Waals surface area contributed by atoms with Gasteiger partial charge in [-0.1, -0.05) is 35.0 Å². The molecule has 1 aromatic heterocycles. The van der Waals surface area contributed by atoms with Crippen LogP contribution in [0.1, 0.15) is 0 Å². The number of aliphatic carboxylic acids is 1. The molecule has 0 radical (unpaired) electrons. The van der Waals surface area contributed by atoms with Crippen LogP contribution in [-0.2, 0) is 4.79 Å². The van der Waals surface area contributed by atoms with Crippen LogP contribution in [0.2, 0.25) is 10.0 Å². The van der Waals surface area contributed by atoms with Crippen molar-refractivity contribution in [3.05, 3.63) is 40.6 Å². The molecule has 0 aliphatic carbocycles. The number of aromatic nitrogens is 2. The molecule has 2 aromatic rings. The van der Waals surface area contributed by atoms with Crippen LogP contribution in [0.3, 0.4) is 0 Å². The summed E-state index contributed by atoms with van der Waals surface area (Å²) in [5.74, 6) is -0.957. The Morgan fingerprint density at radius 1 is 1.44 bits per heavy atom. The molecule has 1 N–H and O–H groups in total. The highest BCUT2D eigenvalue weighted by Gasteiger charge is 2.11. The fourth-order valence-corrected chi connectivity index (χ4v) is 2.44. The molecule has 0 saturated carbocycles. The number of hydrogen-bond acceptors (Lipinski definition) is 3. The maximum atomic E-state index is 10.6. The van der Waals surface area contributed by atoms with Crippen LogP contribution in [0, 0.1) is 0 Å². The summed E-state index contributed by atoms with van der Waals surface area (Å²) in [7, 11) is 0. The van der Waals surface area contributed by atoms with Gasteiger partial charge in [-0.05, 0) is 18.2 Å². The number of thioether (sulfide) groups is 1. The third kappa shape index (κ3) is 2.98. The number of hydrogen-bond donors (Lipinski definition) is 1. The van der Waals surface area contributed by atoms with Crippen molar-refractivity contribution >= 4 is 40.9 Å². The van der Waals surface area contributed by atoms with Gasteiger partial charge in [0, 0.05) is 17.4 Å². The summed E-state index contributed by atoms with van der Waals surface area (Å²) in [6.45, 7) is 0. The molecule has 0 amide bonds. The van der Waals surface area contributed by atoms with E-state index in [1.807, 2.05) is 0 Å². The van der Waals surface area contributed by atoms with Crippen molar-refractivity contribution in [2.75, 3.05) is 5.75 Å². The predicted octanol–water partition coefficient (Wildman–Crippen LogP) is 3.36. The lowest BCUT2D eigenvalue weighted by Gasteiger charge is -2.09. The van der Waals surface area contributed by atoms with Gasteiger partial charge in [0.2, 0.25) is 0 Å². The van der Waals surface area contributed by atoms with Gasteiger partial charge in [0.25, 0.3) is 0 Å². The van der Waals surface area contributed by atoms with Gasteiger partial charge >= 0.3 is 5.97 Å². The van der Waals surface area contributed by atoms with Gasteiger partial charge in [0.15, 0.2) is 5.16 Å². The zero-order valence-electron chi connectivity index (χ0n) is 9.01. The molecule has 0 fully saturated rings.